The maximum Gasteiger partial charge on any atom is 0.239 e. The van der Waals surface area contributed by atoms with Gasteiger partial charge in [-0.1, -0.05) is 0 Å². The summed E-state index contributed by atoms with van der Waals surface area (Å²) in [5.41, 5.74) is 5.61. The van der Waals surface area contributed by atoms with E-state index >= 15 is 0 Å². The molecule has 5 heteroatoms. The molecule has 0 aromatic rings. The Bertz CT molecular complexity index is 291. The minimum atomic E-state index is -0.431. The first kappa shape index (κ1) is 14.0. The van der Waals surface area contributed by atoms with Crippen LogP contribution in [0.2, 0.25) is 0 Å². The van der Waals surface area contributed by atoms with Gasteiger partial charge in [-0.2, -0.15) is 0 Å². The van der Waals surface area contributed by atoms with Gasteiger partial charge in [-0.3, -0.25) is 9.59 Å². The molecule has 5 nitrogen and oxygen atoms in total. The van der Waals surface area contributed by atoms with Crippen molar-refractivity contribution in [3.8, 4) is 0 Å². The van der Waals surface area contributed by atoms with Gasteiger partial charge in [-0.15, -0.1) is 0 Å². The third-order valence-corrected chi connectivity index (χ3v) is 3.29. The Hall–Kier alpha value is -1.10. The minimum absolute atomic E-state index is 0.0141. The van der Waals surface area contributed by atoms with Crippen LogP contribution in [0.5, 0.6) is 0 Å². The van der Waals surface area contributed by atoms with Crippen LogP contribution in [0.3, 0.4) is 0 Å². The van der Waals surface area contributed by atoms with Gasteiger partial charge in [0.1, 0.15) is 0 Å². The summed E-state index contributed by atoms with van der Waals surface area (Å²) in [6.07, 6.45) is 2.06. The standard InChI is InChI=1S/C12H23N3O2/c1-9(13)12(17)15-6-4-5-11(8-15)7-14(3)10(2)16/h9,11H,4-8,13H2,1-3H3. The van der Waals surface area contributed by atoms with Crippen LogP contribution in [0, 0.1) is 5.92 Å². The van der Waals surface area contributed by atoms with Gasteiger partial charge >= 0.3 is 0 Å². The molecule has 0 saturated carbocycles. The molecule has 2 amide bonds. The summed E-state index contributed by atoms with van der Waals surface area (Å²) in [4.78, 5) is 26.5. The number of carbonyl (C=O) groups is 2. The lowest BCUT2D eigenvalue weighted by molar-refractivity contribution is -0.134. The van der Waals surface area contributed by atoms with Gasteiger partial charge < -0.3 is 15.5 Å². The predicted octanol–water partition coefficient (Wildman–Crippen LogP) is 0.0505. The van der Waals surface area contributed by atoms with Crippen LogP contribution in [-0.2, 0) is 9.59 Å². The average Bonchev–Trinajstić information content (AvgIpc) is 2.28. The topological polar surface area (TPSA) is 66.6 Å². The summed E-state index contributed by atoms with van der Waals surface area (Å²) in [5.74, 6) is 0.459. The molecule has 0 aromatic heterocycles. The van der Waals surface area contributed by atoms with E-state index in [9.17, 15) is 9.59 Å². The lowest BCUT2D eigenvalue weighted by Crippen LogP contribution is -2.48. The predicted molar refractivity (Wildman–Crippen MR) is 66.3 cm³/mol. The molecule has 2 atom stereocenters. The zero-order chi connectivity index (χ0) is 13.0. The van der Waals surface area contributed by atoms with Crippen molar-refractivity contribution >= 4 is 11.8 Å². The van der Waals surface area contributed by atoms with E-state index in [0.29, 0.717) is 5.92 Å². The lowest BCUT2D eigenvalue weighted by atomic mass is 9.97. The second-order valence-electron chi connectivity index (χ2n) is 4.98. The maximum absolute atomic E-state index is 11.8. The zero-order valence-electron chi connectivity index (χ0n) is 11.0. The number of hydrogen-bond acceptors (Lipinski definition) is 3. The molecule has 98 valence electrons. The van der Waals surface area contributed by atoms with E-state index in [-0.39, 0.29) is 11.8 Å². The molecule has 17 heavy (non-hydrogen) atoms. The van der Waals surface area contributed by atoms with Gasteiger partial charge in [0.05, 0.1) is 6.04 Å². The Kier molecular flexibility index (Phi) is 4.93. The number of piperidine rings is 1. The van der Waals surface area contributed by atoms with E-state index in [1.54, 1.807) is 25.8 Å². The van der Waals surface area contributed by atoms with Crippen LogP contribution in [0.1, 0.15) is 26.7 Å². The smallest absolute Gasteiger partial charge is 0.239 e. The molecule has 0 spiro atoms. The molecule has 0 aliphatic carbocycles. The molecular weight excluding hydrogens is 218 g/mol. The Balaban J connectivity index is 2.49. The van der Waals surface area contributed by atoms with E-state index in [2.05, 4.69) is 0 Å². The lowest BCUT2D eigenvalue weighted by Gasteiger charge is -2.35. The SMILES string of the molecule is CC(=O)N(C)CC1CCCN(C(=O)C(C)N)C1. The molecule has 1 aliphatic rings. The number of likely N-dealkylation sites (tertiary alicyclic amines) is 1. The molecule has 0 bridgehead atoms. The van der Waals surface area contributed by atoms with Crippen molar-refractivity contribution in [3.63, 3.8) is 0 Å². The van der Waals surface area contributed by atoms with Gasteiger partial charge in [-0.25, -0.2) is 0 Å². The van der Waals surface area contributed by atoms with Gasteiger partial charge in [0.25, 0.3) is 0 Å². The molecule has 0 aromatic carbocycles. The van der Waals surface area contributed by atoms with Gasteiger partial charge in [0, 0.05) is 33.6 Å². The molecule has 1 saturated heterocycles. The summed E-state index contributed by atoms with van der Waals surface area (Å²) < 4.78 is 0. The monoisotopic (exact) mass is 241 g/mol. The Morgan fingerprint density at radius 3 is 2.71 bits per heavy atom. The second kappa shape index (κ2) is 6.00. The molecule has 1 aliphatic heterocycles. The number of hydrogen-bond donors (Lipinski definition) is 1. The van der Waals surface area contributed by atoms with E-state index in [1.807, 2.05) is 4.90 Å². The number of amides is 2. The van der Waals surface area contributed by atoms with Crippen molar-refractivity contribution in [3.05, 3.63) is 0 Å². The van der Waals surface area contributed by atoms with Crippen molar-refractivity contribution < 1.29 is 9.59 Å². The van der Waals surface area contributed by atoms with E-state index in [0.717, 1.165) is 32.5 Å². The highest BCUT2D eigenvalue weighted by Gasteiger charge is 2.26. The molecule has 2 unspecified atom stereocenters. The first-order chi connectivity index (χ1) is 7.91. The number of carbonyl (C=O) groups excluding carboxylic acids is 2. The summed E-state index contributed by atoms with van der Waals surface area (Å²) >= 11 is 0. The number of nitrogens with two attached hydrogens (primary N) is 1. The average molecular weight is 241 g/mol. The van der Waals surface area contributed by atoms with E-state index < -0.39 is 6.04 Å². The van der Waals surface area contributed by atoms with Crippen molar-refractivity contribution in [2.24, 2.45) is 11.7 Å². The van der Waals surface area contributed by atoms with Gasteiger partial charge in [0.15, 0.2) is 0 Å². The van der Waals surface area contributed by atoms with Crippen molar-refractivity contribution in [2.75, 3.05) is 26.7 Å². The Morgan fingerprint density at radius 1 is 1.53 bits per heavy atom. The Labute approximate surface area is 103 Å². The van der Waals surface area contributed by atoms with Crippen molar-refractivity contribution in [1.82, 2.24) is 9.80 Å². The first-order valence-electron chi connectivity index (χ1n) is 6.18. The van der Waals surface area contributed by atoms with Crippen LogP contribution < -0.4 is 5.73 Å². The number of rotatable bonds is 3. The summed E-state index contributed by atoms with van der Waals surface area (Å²) in [6.45, 7) is 5.51. The van der Waals surface area contributed by atoms with Crippen LogP contribution in [0.15, 0.2) is 0 Å². The fourth-order valence-electron chi connectivity index (χ4n) is 2.22. The fourth-order valence-corrected chi connectivity index (χ4v) is 2.22. The molecule has 1 fully saturated rings. The second-order valence-corrected chi connectivity index (χ2v) is 4.98. The minimum Gasteiger partial charge on any atom is -0.346 e. The third kappa shape index (κ3) is 4.00. The highest BCUT2D eigenvalue weighted by atomic mass is 16.2. The largest absolute Gasteiger partial charge is 0.346 e. The van der Waals surface area contributed by atoms with Crippen LogP contribution >= 0.6 is 0 Å². The first-order valence-corrected chi connectivity index (χ1v) is 6.18. The van der Waals surface area contributed by atoms with Crippen LogP contribution in [0.25, 0.3) is 0 Å². The van der Waals surface area contributed by atoms with Crippen LogP contribution in [-0.4, -0.2) is 54.3 Å². The highest BCUT2D eigenvalue weighted by Crippen LogP contribution is 2.17. The summed E-state index contributed by atoms with van der Waals surface area (Å²) in [5, 5.41) is 0. The molecule has 1 rings (SSSR count). The molecule has 0 radical (unpaired) electrons. The maximum atomic E-state index is 11.8. The molecular formula is C12H23N3O2. The van der Waals surface area contributed by atoms with E-state index in [1.165, 1.54) is 0 Å². The van der Waals surface area contributed by atoms with Gasteiger partial charge in [0.2, 0.25) is 11.8 Å². The molecule has 1 heterocycles. The quantitative estimate of drug-likeness (QED) is 0.759. The highest BCUT2D eigenvalue weighted by molar-refractivity contribution is 5.81. The van der Waals surface area contributed by atoms with Crippen molar-refractivity contribution in [2.45, 2.75) is 32.7 Å². The Morgan fingerprint density at radius 2 is 2.18 bits per heavy atom. The summed E-state index contributed by atoms with van der Waals surface area (Å²) in [6, 6.07) is -0.431. The van der Waals surface area contributed by atoms with E-state index in [4.69, 9.17) is 5.73 Å². The number of nitrogens with zero attached hydrogens (tertiary/aromatic N) is 2. The zero-order valence-corrected chi connectivity index (χ0v) is 11.0. The van der Waals surface area contributed by atoms with Gasteiger partial charge in [-0.05, 0) is 25.7 Å². The van der Waals surface area contributed by atoms with Crippen molar-refractivity contribution in [1.29, 1.82) is 0 Å². The third-order valence-electron chi connectivity index (χ3n) is 3.29. The summed E-state index contributed by atoms with van der Waals surface area (Å²) in [7, 11) is 1.80. The van der Waals surface area contributed by atoms with Crippen LogP contribution in [0.4, 0.5) is 0 Å². The normalized spacial score (nSPS) is 22.1. The molecule has 2 N–H and O–H groups in total. The fraction of sp³-hybridized carbons (Fsp3) is 0.833.